The number of benzene rings is 3. The molecule has 3 heteroatoms. The Kier molecular flexibility index (Phi) is 3.46. The summed E-state index contributed by atoms with van der Waals surface area (Å²) in [5.41, 5.74) is 12.9. The zero-order valence-electron chi connectivity index (χ0n) is 17.3. The van der Waals surface area contributed by atoms with Crippen LogP contribution < -0.4 is 0 Å². The van der Waals surface area contributed by atoms with Crippen LogP contribution in [-0.2, 0) is 7.05 Å². The van der Waals surface area contributed by atoms with Gasteiger partial charge in [0.15, 0.2) is 0 Å². The highest BCUT2D eigenvalue weighted by Gasteiger charge is 2.22. The molecule has 0 saturated heterocycles. The molecule has 1 heterocycles. The first kappa shape index (κ1) is 17.0. The number of aryl methyl sites for hydroxylation is 5. The quantitative estimate of drug-likeness (QED) is 0.380. The third kappa shape index (κ3) is 1.89. The molecule has 0 unspecified atom stereocenters. The van der Waals surface area contributed by atoms with Crippen molar-refractivity contribution in [3.05, 3.63) is 44.5 Å². The highest BCUT2D eigenvalue weighted by atomic mass is 15.4. The van der Waals surface area contributed by atoms with E-state index in [1.807, 2.05) is 7.05 Å². The molecule has 134 valence electrons. The van der Waals surface area contributed by atoms with E-state index in [4.69, 9.17) is 10.2 Å². The topological polar surface area (TPSA) is 30.7 Å². The molecule has 3 aromatic carbocycles. The van der Waals surface area contributed by atoms with E-state index in [0.29, 0.717) is 0 Å². The lowest BCUT2D eigenvalue weighted by molar-refractivity contribution is 0.666. The fraction of sp³-hybridized carbons (Fsp3) is 0.391. The highest BCUT2D eigenvalue weighted by Crippen LogP contribution is 2.43. The summed E-state index contributed by atoms with van der Waals surface area (Å²) in [6.07, 6.45) is 0. The van der Waals surface area contributed by atoms with Gasteiger partial charge in [0.2, 0.25) is 0 Å². The monoisotopic (exact) mass is 345 g/mol. The lowest BCUT2D eigenvalue weighted by Gasteiger charge is -2.21. The second-order valence-electron chi connectivity index (χ2n) is 7.89. The van der Waals surface area contributed by atoms with Crippen molar-refractivity contribution in [3.63, 3.8) is 0 Å². The lowest BCUT2D eigenvalue weighted by atomic mass is 9.83. The van der Waals surface area contributed by atoms with Crippen LogP contribution in [0.2, 0.25) is 0 Å². The van der Waals surface area contributed by atoms with E-state index in [0.717, 1.165) is 11.0 Å². The summed E-state index contributed by atoms with van der Waals surface area (Å²) in [6.45, 7) is 17.9. The Bertz CT molecular complexity index is 1160. The number of hydrogen-bond donors (Lipinski definition) is 0. The van der Waals surface area contributed by atoms with Gasteiger partial charge in [0.25, 0.3) is 0 Å². The summed E-state index contributed by atoms with van der Waals surface area (Å²) >= 11 is 0. The van der Waals surface area contributed by atoms with Crippen LogP contribution in [0.5, 0.6) is 0 Å². The number of nitrogens with zero attached hydrogens (tertiary/aromatic N) is 3. The molecule has 0 N–H and O–H groups in total. The molecule has 0 aliphatic carbocycles. The number of fused-ring (bicyclic) bond motifs is 6. The van der Waals surface area contributed by atoms with Crippen molar-refractivity contribution in [3.8, 4) is 0 Å². The summed E-state index contributed by atoms with van der Waals surface area (Å²) < 4.78 is 0. The molecular formula is C23H27N3. The summed E-state index contributed by atoms with van der Waals surface area (Å²) in [6, 6.07) is 0. The molecule has 4 aromatic rings. The van der Waals surface area contributed by atoms with Crippen LogP contribution >= 0.6 is 0 Å². The van der Waals surface area contributed by atoms with E-state index in [9.17, 15) is 0 Å². The van der Waals surface area contributed by atoms with Crippen LogP contribution in [-0.4, -0.2) is 15.0 Å². The van der Waals surface area contributed by atoms with Gasteiger partial charge in [-0.3, -0.25) is 0 Å². The smallest absolute Gasteiger partial charge is 0.121 e. The van der Waals surface area contributed by atoms with Crippen LogP contribution in [0.1, 0.15) is 44.5 Å². The second kappa shape index (κ2) is 5.29. The number of hydrogen-bond acceptors (Lipinski definition) is 2. The molecule has 0 fully saturated rings. The predicted molar refractivity (Wildman–Crippen MR) is 111 cm³/mol. The molecule has 0 saturated carbocycles. The van der Waals surface area contributed by atoms with Gasteiger partial charge in [-0.25, -0.2) is 0 Å². The first-order valence-corrected chi connectivity index (χ1v) is 9.29. The van der Waals surface area contributed by atoms with Gasteiger partial charge < -0.3 is 0 Å². The van der Waals surface area contributed by atoms with Gasteiger partial charge in [-0.15, -0.1) is 0 Å². The van der Waals surface area contributed by atoms with Crippen molar-refractivity contribution in [1.29, 1.82) is 0 Å². The molecular weight excluding hydrogens is 318 g/mol. The van der Waals surface area contributed by atoms with Crippen LogP contribution in [0.25, 0.3) is 32.6 Å². The Labute approximate surface area is 155 Å². The molecule has 3 nitrogen and oxygen atoms in total. The van der Waals surface area contributed by atoms with Crippen LogP contribution in [0.4, 0.5) is 0 Å². The third-order valence-electron chi connectivity index (χ3n) is 6.81. The maximum absolute atomic E-state index is 4.79. The third-order valence-corrected chi connectivity index (χ3v) is 6.81. The first-order chi connectivity index (χ1) is 12.2. The molecule has 0 amide bonds. The minimum atomic E-state index is 1.03. The average Bonchev–Trinajstić information content (AvgIpc) is 2.99. The zero-order valence-corrected chi connectivity index (χ0v) is 17.3. The summed E-state index contributed by atoms with van der Waals surface area (Å²) in [5, 5.41) is 14.8. The SMILES string of the molecule is Cc1c(C)c(C)c2c(c1C)c1nn(C)nc1c1c(C)c(C)c(C)c(C)c12. The van der Waals surface area contributed by atoms with Gasteiger partial charge in [-0.2, -0.15) is 15.0 Å². The molecule has 0 spiro atoms. The van der Waals surface area contributed by atoms with E-state index >= 15 is 0 Å². The Balaban J connectivity index is 2.56. The zero-order chi connectivity index (χ0) is 19.1. The molecule has 0 aliphatic rings. The fourth-order valence-electron chi connectivity index (χ4n) is 4.59. The Hall–Kier alpha value is -2.42. The van der Waals surface area contributed by atoms with E-state index in [-0.39, 0.29) is 0 Å². The van der Waals surface area contributed by atoms with Gasteiger partial charge in [0.05, 0.1) is 0 Å². The van der Waals surface area contributed by atoms with Crippen molar-refractivity contribution in [1.82, 2.24) is 15.0 Å². The van der Waals surface area contributed by atoms with Crippen molar-refractivity contribution >= 4 is 32.6 Å². The van der Waals surface area contributed by atoms with Crippen molar-refractivity contribution < 1.29 is 0 Å². The standard InChI is InChI=1S/C23H27N3/c1-10-12(3)16(7)20-18(14(10)5)19-15(6)11(2)13(4)17(8)21(19)23-22(20)24-26(9)25-23/h1-9H3. The lowest BCUT2D eigenvalue weighted by Crippen LogP contribution is -2.00. The number of aromatic nitrogens is 3. The average molecular weight is 345 g/mol. The molecule has 0 bridgehead atoms. The second-order valence-corrected chi connectivity index (χ2v) is 7.89. The van der Waals surface area contributed by atoms with Crippen molar-refractivity contribution in [2.45, 2.75) is 55.4 Å². The van der Waals surface area contributed by atoms with Gasteiger partial charge in [-0.05, 0) is 111 Å². The van der Waals surface area contributed by atoms with E-state index in [1.54, 1.807) is 4.80 Å². The van der Waals surface area contributed by atoms with Crippen molar-refractivity contribution in [2.75, 3.05) is 0 Å². The van der Waals surface area contributed by atoms with Crippen molar-refractivity contribution in [2.24, 2.45) is 7.05 Å². The molecule has 0 atom stereocenters. The van der Waals surface area contributed by atoms with Crippen LogP contribution in [0.3, 0.4) is 0 Å². The molecule has 0 aliphatic heterocycles. The maximum atomic E-state index is 4.79. The predicted octanol–water partition coefficient (Wildman–Crippen LogP) is 5.74. The van der Waals surface area contributed by atoms with Gasteiger partial charge in [0.1, 0.15) is 11.0 Å². The summed E-state index contributed by atoms with van der Waals surface area (Å²) in [5.74, 6) is 0. The summed E-state index contributed by atoms with van der Waals surface area (Å²) in [7, 11) is 1.92. The Morgan fingerprint density at radius 1 is 0.423 bits per heavy atom. The Morgan fingerprint density at radius 2 is 0.692 bits per heavy atom. The normalized spacial score (nSPS) is 12.0. The molecule has 26 heavy (non-hydrogen) atoms. The van der Waals surface area contributed by atoms with Gasteiger partial charge in [-0.1, -0.05) is 0 Å². The minimum Gasteiger partial charge on any atom is -0.187 e. The van der Waals surface area contributed by atoms with Gasteiger partial charge in [0, 0.05) is 17.8 Å². The van der Waals surface area contributed by atoms with Crippen LogP contribution in [0, 0.1) is 55.4 Å². The molecule has 0 radical (unpaired) electrons. The largest absolute Gasteiger partial charge is 0.187 e. The highest BCUT2D eigenvalue weighted by molar-refractivity contribution is 6.27. The molecule has 4 rings (SSSR count). The van der Waals surface area contributed by atoms with E-state index in [2.05, 4.69) is 55.4 Å². The van der Waals surface area contributed by atoms with E-state index < -0.39 is 0 Å². The maximum Gasteiger partial charge on any atom is 0.121 e. The molecule has 1 aromatic heterocycles. The van der Waals surface area contributed by atoms with Gasteiger partial charge >= 0.3 is 0 Å². The summed E-state index contributed by atoms with van der Waals surface area (Å²) in [4.78, 5) is 1.72. The van der Waals surface area contributed by atoms with Crippen LogP contribution in [0.15, 0.2) is 0 Å². The minimum absolute atomic E-state index is 1.03. The van der Waals surface area contributed by atoms with E-state index in [1.165, 1.54) is 66.1 Å². The number of rotatable bonds is 0. The fourth-order valence-corrected chi connectivity index (χ4v) is 4.59. The first-order valence-electron chi connectivity index (χ1n) is 9.29. The Morgan fingerprint density at radius 3 is 1.00 bits per heavy atom.